The average molecular weight is 279 g/mol. The second-order valence-corrected chi connectivity index (χ2v) is 7.35. The maximum absolute atomic E-state index is 6.73. The molecule has 0 spiro atoms. The molecule has 3 rings (SSSR count). The molecule has 20 heavy (non-hydrogen) atoms. The standard InChI is InChI=1S/C18H33NO/c1-3-7-15(8-4-1)18(16-9-5-2-6-10-16)20-17-11-13-19-14-12-17/h15-19H,1-14H2. The number of ether oxygens (including phenoxy) is 1. The van der Waals surface area contributed by atoms with Crippen LogP contribution in [-0.2, 0) is 4.74 Å². The zero-order chi connectivity index (χ0) is 13.6. The van der Waals surface area contributed by atoms with Crippen LogP contribution in [0.1, 0.15) is 77.0 Å². The van der Waals surface area contributed by atoms with Gasteiger partial charge in [-0.25, -0.2) is 0 Å². The highest BCUT2D eigenvalue weighted by Crippen LogP contribution is 2.38. The number of hydrogen-bond acceptors (Lipinski definition) is 2. The third-order valence-electron chi connectivity index (χ3n) is 5.86. The maximum atomic E-state index is 6.73. The Kier molecular flexibility index (Phi) is 5.78. The van der Waals surface area contributed by atoms with Crippen LogP contribution in [0.4, 0.5) is 0 Å². The predicted molar refractivity (Wildman–Crippen MR) is 83.9 cm³/mol. The Labute approximate surface area is 125 Å². The lowest BCUT2D eigenvalue weighted by molar-refractivity contribution is -0.0960. The molecule has 0 amide bonds. The van der Waals surface area contributed by atoms with Gasteiger partial charge in [-0.3, -0.25) is 0 Å². The van der Waals surface area contributed by atoms with E-state index in [0.717, 1.165) is 24.9 Å². The molecule has 2 heteroatoms. The van der Waals surface area contributed by atoms with Gasteiger partial charge in [0, 0.05) is 0 Å². The molecule has 1 aliphatic heterocycles. The fraction of sp³-hybridized carbons (Fsp3) is 1.00. The molecular formula is C18H33NO. The van der Waals surface area contributed by atoms with Crippen LogP contribution in [0, 0.1) is 11.8 Å². The summed E-state index contributed by atoms with van der Waals surface area (Å²) in [6.07, 6.45) is 18.1. The second-order valence-electron chi connectivity index (χ2n) is 7.35. The fourth-order valence-corrected chi connectivity index (χ4v) is 4.69. The van der Waals surface area contributed by atoms with Crippen LogP contribution in [-0.4, -0.2) is 25.3 Å². The van der Waals surface area contributed by atoms with E-state index in [1.54, 1.807) is 0 Å². The van der Waals surface area contributed by atoms with Crippen LogP contribution >= 0.6 is 0 Å². The molecule has 0 radical (unpaired) electrons. The molecule has 0 bridgehead atoms. The van der Waals surface area contributed by atoms with Crippen molar-refractivity contribution in [2.75, 3.05) is 13.1 Å². The summed E-state index contributed by atoms with van der Waals surface area (Å²) in [5.41, 5.74) is 0. The van der Waals surface area contributed by atoms with Crippen LogP contribution in [0.15, 0.2) is 0 Å². The highest BCUT2D eigenvalue weighted by Gasteiger charge is 2.34. The van der Waals surface area contributed by atoms with Crippen molar-refractivity contribution < 1.29 is 4.74 Å². The minimum absolute atomic E-state index is 0.546. The lowest BCUT2D eigenvalue weighted by Gasteiger charge is -2.40. The molecule has 116 valence electrons. The summed E-state index contributed by atoms with van der Waals surface area (Å²) in [6, 6.07) is 0. The van der Waals surface area contributed by atoms with Gasteiger partial charge in [-0.1, -0.05) is 38.5 Å². The third-order valence-corrected chi connectivity index (χ3v) is 5.86. The lowest BCUT2D eigenvalue weighted by atomic mass is 9.75. The Hall–Kier alpha value is -0.0800. The minimum atomic E-state index is 0.546. The minimum Gasteiger partial charge on any atom is -0.374 e. The Morgan fingerprint density at radius 2 is 1.15 bits per heavy atom. The Balaban J connectivity index is 1.61. The zero-order valence-electron chi connectivity index (χ0n) is 13.1. The monoisotopic (exact) mass is 279 g/mol. The topological polar surface area (TPSA) is 21.3 Å². The van der Waals surface area contributed by atoms with Crippen molar-refractivity contribution in [3.05, 3.63) is 0 Å². The van der Waals surface area contributed by atoms with Gasteiger partial charge in [0.15, 0.2) is 0 Å². The predicted octanol–water partition coefficient (Wildman–Crippen LogP) is 4.28. The van der Waals surface area contributed by atoms with Crippen molar-refractivity contribution in [2.45, 2.75) is 89.3 Å². The van der Waals surface area contributed by atoms with Crippen LogP contribution in [0.5, 0.6) is 0 Å². The lowest BCUT2D eigenvalue weighted by Crippen LogP contribution is -2.41. The van der Waals surface area contributed by atoms with E-state index in [9.17, 15) is 0 Å². The van der Waals surface area contributed by atoms with Crippen LogP contribution in [0.2, 0.25) is 0 Å². The van der Waals surface area contributed by atoms with Crippen molar-refractivity contribution in [2.24, 2.45) is 11.8 Å². The van der Waals surface area contributed by atoms with E-state index in [-0.39, 0.29) is 0 Å². The Morgan fingerprint density at radius 3 is 1.65 bits per heavy atom. The van der Waals surface area contributed by atoms with Gasteiger partial charge >= 0.3 is 0 Å². The molecule has 1 heterocycles. The Bertz CT molecular complexity index is 245. The average Bonchev–Trinajstić information content (AvgIpc) is 2.55. The molecule has 2 nitrogen and oxygen atoms in total. The third kappa shape index (κ3) is 3.98. The molecule has 3 aliphatic rings. The van der Waals surface area contributed by atoms with Gasteiger partial charge in [0.1, 0.15) is 0 Å². The number of piperidine rings is 1. The summed E-state index contributed by atoms with van der Waals surface area (Å²) in [5, 5.41) is 3.47. The molecule has 1 saturated heterocycles. The van der Waals surface area contributed by atoms with Gasteiger partial charge in [0.2, 0.25) is 0 Å². The second kappa shape index (κ2) is 7.79. The van der Waals surface area contributed by atoms with E-state index in [2.05, 4.69) is 5.32 Å². The molecule has 0 atom stereocenters. The van der Waals surface area contributed by atoms with Crippen LogP contribution in [0.25, 0.3) is 0 Å². The van der Waals surface area contributed by atoms with E-state index < -0.39 is 0 Å². The molecular weight excluding hydrogens is 246 g/mol. The quantitative estimate of drug-likeness (QED) is 0.829. The molecule has 0 aromatic carbocycles. The largest absolute Gasteiger partial charge is 0.374 e. The first-order valence-corrected chi connectivity index (χ1v) is 9.29. The van der Waals surface area contributed by atoms with Gasteiger partial charge in [-0.15, -0.1) is 0 Å². The van der Waals surface area contributed by atoms with Crippen molar-refractivity contribution in [1.29, 1.82) is 0 Å². The van der Waals surface area contributed by atoms with E-state index in [1.807, 2.05) is 0 Å². The highest BCUT2D eigenvalue weighted by atomic mass is 16.5. The van der Waals surface area contributed by atoms with Crippen molar-refractivity contribution in [3.8, 4) is 0 Å². The van der Waals surface area contributed by atoms with Gasteiger partial charge in [0.05, 0.1) is 12.2 Å². The van der Waals surface area contributed by atoms with Crippen molar-refractivity contribution in [3.63, 3.8) is 0 Å². The molecule has 0 aromatic rings. The van der Waals surface area contributed by atoms with E-state index in [1.165, 1.54) is 77.0 Å². The van der Waals surface area contributed by atoms with Crippen molar-refractivity contribution >= 4 is 0 Å². The van der Waals surface area contributed by atoms with Gasteiger partial charge < -0.3 is 10.1 Å². The van der Waals surface area contributed by atoms with E-state index >= 15 is 0 Å². The zero-order valence-corrected chi connectivity index (χ0v) is 13.1. The number of nitrogens with one attached hydrogen (secondary N) is 1. The van der Waals surface area contributed by atoms with Crippen LogP contribution in [0.3, 0.4) is 0 Å². The molecule has 3 fully saturated rings. The van der Waals surface area contributed by atoms with Gasteiger partial charge in [-0.05, 0) is 63.5 Å². The molecule has 0 aromatic heterocycles. The summed E-state index contributed by atoms with van der Waals surface area (Å²) in [7, 11) is 0. The first kappa shape index (κ1) is 14.8. The summed E-state index contributed by atoms with van der Waals surface area (Å²) >= 11 is 0. The van der Waals surface area contributed by atoms with Gasteiger partial charge in [-0.2, -0.15) is 0 Å². The van der Waals surface area contributed by atoms with Crippen molar-refractivity contribution in [1.82, 2.24) is 5.32 Å². The SMILES string of the molecule is C1CCC(C(OC2CCNCC2)C2CCCCC2)CC1. The number of rotatable bonds is 4. The first-order valence-electron chi connectivity index (χ1n) is 9.29. The summed E-state index contributed by atoms with van der Waals surface area (Å²) in [4.78, 5) is 0. The molecule has 2 aliphatic carbocycles. The highest BCUT2D eigenvalue weighted by molar-refractivity contribution is 4.84. The summed E-state index contributed by atoms with van der Waals surface area (Å²) < 4.78 is 6.73. The Morgan fingerprint density at radius 1 is 0.650 bits per heavy atom. The summed E-state index contributed by atoms with van der Waals surface area (Å²) in [5.74, 6) is 1.75. The first-order chi connectivity index (χ1) is 9.93. The van der Waals surface area contributed by atoms with E-state index in [0.29, 0.717) is 12.2 Å². The summed E-state index contributed by atoms with van der Waals surface area (Å²) in [6.45, 7) is 2.32. The van der Waals surface area contributed by atoms with Crippen LogP contribution < -0.4 is 5.32 Å². The van der Waals surface area contributed by atoms with E-state index in [4.69, 9.17) is 4.74 Å². The normalized spacial score (nSPS) is 28.1. The molecule has 2 saturated carbocycles. The number of hydrogen-bond donors (Lipinski definition) is 1. The molecule has 0 unspecified atom stereocenters. The smallest absolute Gasteiger partial charge is 0.0635 e. The van der Waals surface area contributed by atoms with Gasteiger partial charge in [0.25, 0.3) is 0 Å². The fourth-order valence-electron chi connectivity index (χ4n) is 4.69. The maximum Gasteiger partial charge on any atom is 0.0635 e. The molecule has 1 N–H and O–H groups in total.